The second-order valence-electron chi connectivity index (χ2n) is 4.81. The second-order valence-corrected chi connectivity index (χ2v) is 7.00. The van der Waals surface area contributed by atoms with Crippen LogP contribution < -0.4 is 10.3 Å². The molecule has 108 valence electrons. The van der Waals surface area contributed by atoms with Crippen LogP contribution in [0.5, 0.6) is 0 Å². The van der Waals surface area contributed by atoms with Crippen molar-refractivity contribution in [1.82, 2.24) is 10.3 Å². The lowest BCUT2D eigenvalue weighted by atomic mass is 9.84. The maximum Gasteiger partial charge on any atom is 0.193 e. The normalized spacial score (nSPS) is 21.2. The Bertz CT molecular complexity index is 224. The second kappa shape index (κ2) is 8.72. The van der Waals surface area contributed by atoms with Gasteiger partial charge in [-0.15, -0.1) is 0 Å². The lowest BCUT2D eigenvalue weighted by Gasteiger charge is -2.43. The summed E-state index contributed by atoms with van der Waals surface area (Å²) in [4.78, 5) is 2.80. The molecule has 0 unspecified atom stereocenters. The smallest absolute Gasteiger partial charge is 0.193 e. The predicted octanol–water partition coefficient (Wildman–Crippen LogP) is 3.61. The van der Waals surface area contributed by atoms with Gasteiger partial charge in [0.25, 0.3) is 0 Å². The first-order valence-corrected chi connectivity index (χ1v) is 8.53. The third-order valence-electron chi connectivity index (χ3n) is 3.58. The first-order valence-electron chi connectivity index (χ1n) is 6.91. The molecular formula is C12H27N2O2PS. The van der Waals surface area contributed by atoms with E-state index in [1.807, 2.05) is 13.8 Å². The zero-order valence-electron chi connectivity index (χ0n) is 11.7. The van der Waals surface area contributed by atoms with E-state index in [1.165, 1.54) is 32.1 Å². The van der Waals surface area contributed by atoms with E-state index in [2.05, 4.69) is 30.0 Å². The molecule has 6 heteroatoms. The van der Waals surface area contributed by atoms with Gasteiger partial charge in [-0.25, -0.2) is 10.3 Å². The van der Waals surface area contributed by atoms with E-state index in [1.54, 1.807) is 0 Å². The fraction of sp³-hybridized carbons (Fsp3) is 1.00. The van der Waals surface area contributed by atoms with E-state index in [4.69, 9.17) is 9.05 Å². The minimum atomic E-state index is -0.958. The van der Waals surface area contributed by atoms with Crippen LogP contribution in [0.4, 0.5) is 0 Å². The van der Waals surface area contributed by atoms with Gasteiger partial charge in [-0.05, 0) is 39.5 Å². The molecule has 0 radical (unpaired) electrons. The van der Waals surface area contributed by atoms with Crippen LogP contribution in [-0.2, 0) is 9.05 Å². The highest BCUT2D eigenvalue weighted by molar-refractivity contribution is 7.78. The molecule has 18 heavy (non-hydrogen) atoms. The van der Waals surface area contributed by atoms with E-state index < -0.39 is 8.38 Å². The third kappa shape index (κ3) is 4.32. The van der Waals surface area contributed by atoms with E-state index in [0.717, 1.165) is 0 Å². The molecule has 0 bridgehead atoms. The van der Waals surface area contributed by atoms with Crippen molar-refractivity contribution in [1.29, 1.82) is 0 Å². The molecule has 1 saturated carbocycles. The average molecular weight is 294 g/mol. The Balaban J connectivity index is 2.79. The summed E-state index contributed by atoms with van der Waals surface area (Å²) in [5.41, 5.74) is 3.29. The van der Waals surface area contributed by atoms with Gasteiger partial charge in [0, 0.05) is 0 Å². The van der Waals surface area contributed by atoms with Gasteiger partial charge in [-0.3, -0.25) is 0 Å². The topological polar surface area (TPSA) is 42.5 Å². The summed E-state index contributed by atoms with van der Waals surface area (Å²) in [5, 5.41) is -0.177. The van der Waals surface area contributed by atoms with Crippen molar-refractivity contribution in [2.75, 3.05) is 13.2 Å². The molecule has 0 heterocycles. The summed E-state index contributed by atoms with van der Waals surface area (Å²) in [6.45, 7) is 7.60. The Morgan fingerprint density at radius 3 is 2.17 bits per heavy atom. The Morgan fingerprint density at radius 2 is 1.72 bits per heavy atom. The number of thiol groups is 1. The van der Waals surface area contributed by atoms with Crippen molar-refractivity contribution >= 4 is 21.2 Å². The molecule has 0 saturated heterocycles. The first kappa shape index (κ1) is 16.7. The van der Waals surface area contributed by atoms with E-state index >= 15 is 0 Å². The van der Waals surface area contributed by atoms with Crippen LogP contribution in [-0.4, -0.2) is 18.5 Å². The average Bonchev–Trinajstić information content (AvgIpc) is 2.40. The zero-order chi connectivity index (χ0) is 13.4. The van der Waals surface area contributed by atoms with Crippen molar-refractivity contribution in [3.05, 3.63) is 0 Å². The summed E-state index contributed by atoms with van der Waals surface area (Å²) in [7, 11) is -0.958. The van der Waals surface area contributed by atoms with Gasteiger partial charge in [0.1, 0.15) is 5.28 Å². The summed E-state index contributed by atoms with van der Waals surface area (Å²) in [6.07, 6.45) is 6.42. The van der Waals surface area contributed by atoms with Crippen molar-refractivity contribution in [3.8, 4) is 0 Å². The summed E-state index contributed by atoms with van der Waals surface area (Å²) in [6, 6.07) is 0. The first-order chi connectivity index (χ1) is 8.69. The Labute approximate surface area is 118 Å². The summed E-state index contributed by atoms with van der Waals surface area (Å²) < 4.78 is 11.7. The standard InChI is InChI=1S/C12H27N2O2PS/c1-4-15-17(16-5-2)12(3,13-14-18)11-9-7-6-8-10-11/h11,13-14,18H,4-10H2,1-3H3/t12-/m1/s1. The van der Waals surface area contributed by atoms with Crippen molar-refractivity contribution < 1.29 is 9.05 Å². The Morgan fingerprint density at radius 1 is 1.17 bits per heavy atom. The van der Waals surface area contributed by atoms with Crippen LogP contribution in [0.25, 0.3) is 0 Å². The quantitative estimate of drug-likeness (QED) is 0.363. The van der Waals surface area contributed by atoms with E-state index in [9.17, 15) is 0 Å². The number of nitrogens with one attached hydrogen (secondary N) is 2. The zero-order valence-corrected chi connectivity index (χ0v) is 13.5. The number of hydrogen-bond donors (Lipinski definition) is 3. The van der Waals surface area contributed by atoms with Crippen LogP contribution in [0.2, 0.25) is 0 Å². The molecule has 1 aliphatic rings. The molecule has 4 nitrogen and oxygen atoms in total. The van der Waals surface area contributed by atoms with Gasteiger partial charge in [0.05, 0.1) is 13.2 Å². The molecule has 2 N–H and O–H groups in total. The highest BCUT2D eigenvalue weighted by Gasteiger charge is 2.44. The fourth-order valence-electron chi connectivity index (χ4n) is 2.61. The number of hydrazine groups is 1. The summed E-state index contributed by atoms with van der Waals surface area (Å²) in [5.74, 6) is 0.579. The molecule has 1 rings (SSSR count). The highest BCUT2D eigenvalue weighted by atomic mass is 32.1. The maximum atomic E-state index is 5.86. The molecule has 0 aromatic heterocycles. The van der Waals surface area contributed by atoms with E-state index in [0.29, 0.717) is 19.1 Å². The van der Waals surface area contributed by atoms with Gasteiger partial charge in [-0.1, -0.05) is 32.1 Å². The third-order valence-corrected chi connectivity index (χ3v) is 5.91. The van der Waals surface area contributed by atoms with Crippen LogP contribution in [0.3, 0.4) is 0 Å². The number of hydrogen-bond acceptors (Lipinski definition) is 5. The van der Waals surface area contributed by atoms with Crippen molar-refractivity contribution in [2.24, 2.45) is 5.92 Å². The van der Waals surface area contributed by atoms with Crippen LogP contribution in [0, 0.1) is 5.92 Å². The predicted molar refractivity (Wildman–Crippen MR) is 80.4 cm³/mol. The molecule has 1 aliphatic carbocycles. The molecule has 1 atom stereocenters. The molecule has 0 aromatic carbocycles. The Hall–Kier alpha value is 0.620. The molecule has 0 aliphatic heterocycles. The highest BCUT2D eigenvalue weighted by Crippen LogP contribution is 2.56. The largest absolute Gasteiger partial charge is 0.333 e. The molecule has 1 fully saturated rings. The van der Waals surface area contributed by atoms with Crippen molar-refractivity contribution in [3.63, 3.8) is 0 Å². The summed E-state index contributed by atoms with van der Waals surface area (Å²) >= 11 is 4.10. The SMILES string of the molecule is CCOP(OCC)[C@@](C)(NNS)C1CCCCC1. The monoisotopic (exact) mass is 294 g/mol. The molecule has 0 aromatic rings. The van der Waals surface area contributed by atoms with Gasteiger partial charge < -0.3 is 9.05 Å². The lowest BCUT2D eigenvalue weighted by Crippen LogP contribution is -2.52. The van der Waals surface area contributed by atoms with Crippen molar-refractivity contribution in [2.45, 2.75) is 58.2 Å². The van der Waals surface area contributed by atoms with Crippen LogP contribution >= 0.6 is 21.2 Å². The molecule has 0 amide bonds. The van der Waals surface area contributed by atoms with Gasteiger partial charge in [0.15, 0.2) is 8.38 Å². The number of rotatable bonds is 8. The molecular weight excluding hydrogens is 267 g/mol. The van der Waals surface area contributed by atoms with Gasteiger partial charge >= 0.3 is 0 Å². The Kier molecular flexibility index (Phi) is 8.08. The van der Waals surface area contributed by atoms with Gasteiger partial charge in [0.2, 0.25) is 0 Å². The minimum Gasteiger partial charge on any atom is -0.333 e. The molecule has 0 spiro atoms. The lowest BCUT2D eigenvalue weighted by molar-refractivity contribution is 0.182. The van der Waals surface area contributed by atoms with Crippen LogP contribution in [0.1, 0.15) is 52.9 Å². The van der Waals surface area contributed by atoms with Gasteiger partial charge in [-0.2, -0.15) is 0 Å². The van der Waals surface area contributed by atoms with Crippen LogP contribution in [0.15, 0.2) is 0 Å². The minimum absolute atomic E-state index is 0.177. The maximum absolute atomic E-state index is 5.86. The van der Waals surface area contributed by atoms with E-state index in [-0.39, 0.29) is 5.28 Å². The fourth-order valence-corrected chi connectivity index (χ4v) is 4.72.